The maximum absolute atomic E-state index is 10.8. The fourth-order valence-corrected chi connectivity index (χ4v) is 1.42. The van der Waals surface area contributed by atoms with E-state index in [0.29, 0.717) is 6.54 Å². The molecule has 0 aliphatic rings. The van der Waals surface area contributed by atoms with Crippen LogP contribution in [0.4, 0.5) is 0 Å². The highest BCUT2D eigenvalue weighted by Crippen LogP contribution is 2.15. The van der Waals surface area contributed by atoms with Crippen LogP contribution in [0.3, 0.4) is 0 Å². The first-order chi connectivity index (χ1) is 8.15. The van der Waals surface area contributed by atoms with E-state index in [-0.39, 0.29) is 0 Å². The van der Waals surface area contributed by atoms with Crippen LogP contribution in [0.2, 0.25) is 0 Å². The molecule has 0 spiro atoms. The highest BCUT2D eigenvalue weighted by Gasteiger charge is 2.12. The van der Waals surface area contributed by atoms with Gasteiger partial charge in [0.1, 0.15) is 0 Å². The third-order valence-corrected chi connectivity index (χ3v) is 2.57. The summed E-state index contributed by atoms with van der Waals surface area (Å²) in [5, 5.41) is 12.1. The first-order valence-corrected chi connectivity index (χ1v) is 5.57. The van der Waals surface area contributed by atoms with Crippen molar-refractivity contribution in [1.29, 1.82) is 0 Å². The Kier molecular flexibility index (Phi) is 5.25. The van der Waals surface area contributed by atoms with E-state index in [2.05, 4.69) is 17.2 Å². The van der Waals surface area contributed by atoms with Gasteiger partial charge in [-0.05, 0) is 25.0 Å². The molecule has 0 saturated carbocycles. The van der Waals surface area contributed by atoms with Crippen molar-refractivity contribution in [2.24, 2.45) is 0 Å². The van der Waals surface area contributed by atoms with Gasteiger partial charge in [0.2, 0.25) is 0 Å². The SMILES string of the molecule is CC#CCNCc1ccc(C(C)C(=O)O)cc1. The van der Waals surface area contributed by atoms with Crippen LogP contribution in [0.5, 0.6) is 0 Å². The Labute approximate surface area is 102 Å². The van der Waals surface area contributed by atoms with Gasteiger partial charge in [-0.1, -0.05) is 30.2 Å². The lowest BCUT2D eigenvalue weighted by atomic mass is 10.0. The monoisotopic (exact) mass is 231 g/mol. The summed E-state index contributed by atoms with van der Waals surface area (Å²) in [7, 11) is 0. The van der Waals surface area contributed by atoms with Crippen LogP contribution in [-0.2, 0) is 11.3 Å². The minimum Gasteiger partial charge on any atom is -0.481 e. The molecular formula is C14H17NO2. The van der Waals surface area contributed by atoms with Gasteiger partial charge >= 0.3 is 5.97 Å². The first kappa shape index (κ1) is 13.3. The Morgan fingerprint density at radius 1 is 1.41 bits per heavy atom. The molecule has 1 aromatic rings. The van der Waals surface area contributed by atoms with Crippen molar-refractivity contribution in [2.75, 3.05) is 6.54 Å². The Balaban J connectivity index is 2.55. The quantitative estimate of drug-likeness (QED) is 0.602. The fourth-order valence-electron chi connectivity index (χ4n) is 1.42. The molecule has 0 radical (unpaired) electrons. The minimum absolute atomic E-state index is 0.456. The predicted octanol–water partition coefficient (Wildman–Crippen LogP) is 1.99. The van der Waals surface area contributed by atoms with Gasteiger partial charge in [0.05, 0.1) is 12.5 Å². The molecule has 17 heavy (non-hydrogen) atoms. The van der Waals surface area contributed by atoms with Gasteiger partial charge in [-0.25, -0.2) is 0 Å². The Bertz CT molecular complexity index is 426. The summed E-state index contributed by atoms with van der Waals surface area (Å²) in [6.45, 7) is 4.91. The van der Waals surface area contributed by atoms with Gasteiger partial charge in [0, 0.05) is 6.54 Å². The highest BCUT2D eigenvalue weighted by atomic mass is 16.4. The van der Waals surface area contributed by atoms with E-state index >= 15 is 0 Å². The molecule has 3 nitrogen and oxygen atoms in total. The summed E-state index contributed by atoms with van der Waals surface area (Å²) >= 11 is 0. The van der Waals surface area contributed by atoms with Gasteiger partial charge in [-0.15, -0.1) is 5.92 Å². The highest BCUT2D eigenvalue weighted by molar-refractivity contribution is 5.75. The van der Waals surface area contributed by atoms with E-state index < -0.39 is 11.9 Å². The van der Waals surface area contributed by atoms with Crippen molar-refractivity contribution in [1.82, 2.24) is 5.32 Å². The van der Waals surface area contributed by atoms with E-state index in [1.807, 2.05) is 31.2 Å². The number of nitrogens with one attached hydrogen (secondary N) is 1. The number of benzene rings is 1. The molecule has 0 amide bonds. The summed E-state index contributed by atoms with van der Waals surface area (Å²) in [5.41, 5.74) is 1.96. The smallest absolute Gasteiger partial charge is 0.310 e. The fraction of sp³-hybridized carbons (Fsp3) is 0.357. The molecule has 2 N–H and O–H groups in total. The second-order valence-electron chi connectivity index (χ2n) is 3.83. The van der Waals surface area contributed by atoms with Crippen molar-refractivity contribution < 1.29 is 9.90 Å². The van der Waals surface area contributed by atoms with Gasteiger partial charge in [-0.2, -0.15) is 0 Å². The minimum atomic E-state index is -0.797. The summed E-state index contributed by atoms with van der Waals surface area (Å²) in [6.07, 6.45) is 0. The molecule has 1 rings (SSSR count). The van der Waals surface area contributed by atoms with Crippen molar-refractivity contribution in [3.05, 3.63) is 35.4 Å². The number of aliphatic carboxylic acids is 1. The number of carboxylic acids is 1. The lowest BCUT2D eigenvalue weighted by molar-refractivity contribution is -0.138. The van der Waals surface area contributed by atoms with Crippen LogP contribution >= 0.6 is 0 Å². The maximum Gasteiger partial charge on any atom is 0.310 e. The van der Waals surface area contributed by atoms with Crippen LogP contribution in [-0.4, -0.2) is 17.6 Å². The molecule has 0 aromatic heterocycles. The molecule has 3 heteroatoms. The van der Waals surface area contributed by atoms with E-state index in [1.54, 1.807) is 6.92 Å². The van der Waals surface area contributed by atoms with Gasteiger partial charge in [0.25, 0.3) is 0 Å². The van der Waals surface area contributed by atoms with Crippen molar-refractivity contribution in [3.8, 4) is 11.8 Å². The molecule has 90 valence electrons. The largest absolute Gasteiger partial charge is 0.481 e. The average Bonchev–Trinajstić information content (AvgIpc) is 2.34. The third-order valence-electron chi connectivity index (χ3n) is 2.57. The Morgan fingerprint density at radius 2 is 2.06 bits per heavy atom. The normalized spacial score (nSPS) is 11.4. The summed E-state index contributed by atoms with van der Waals surface area (Å²) < 4.78 is 0. The van der Waals surface area contributed by atoms with Crippen molar-refractivity contribution in [2.45, 2.75) is 26.3 Å². The van der Waals surface area contributed by atoms with Crippen LogP contribution in [0.1, 0.15) is 30.9 Å². The zero-order chi connectivity index (χ0) is 12.7. The van der Waals surface area contributed by atoms with E-state index in [9.17, 15) is 4.79 Å². The number of carbonyl (C=O) groups is 1. The predicted molar refractivity (Wildman–Crippen MR) is 67.6 cm³/mol. The second-order valence-corrected chi connectivity index (χ2v) is 3.83. The summed E-state index contributed by atoms with van der Waals surface area (Å²) in [6, 6.07) is 7.62. The second kappa shape index (κ2) is 6.72. The van der Waals surface area contributed by atoms with Crippen LogP contribution in [0.25, 0.3) is 0 Å². The van der Waals surface area contributed by atoms with Gasteiger partial charge in [0.15, 0.2) is 0 Å². The maximum atomic E-state index is 10.8. The molecule has 0 aliphatic heterocycles. The molecule has 0 aliphatic carbocycles. The zero-order valence-electron chi connectivity index (χ0n) is 10.2. The van der Waals surface area contributed by atoms with E-state index in [0.717, 1.165) is 17.7 Å². The van der Waals surface area contributed by atoms with Crippen molar-refractivity contribution >= 4 is 5.97 Å². The molecule has 1 unspecified atom stereocenters. The Morgan fingerprint density at radius 3 is 2.59 bits per heavy atom. The lowest BCUT2D eigenvalue weighted by Crippen LogP contribution is -2.13. The Hall–Kier alpha value is -1.79. The molecule has 0 saturated heterocycles. The van der Waals surface area contributed by atoms with Crippen LogP contribution < -0.4 is 5.32 Å². The topological polar surface area (TPSA) is 49.3 Å². The molecule has 1 aromatic carbocycles. The zero-order valence-corrected chi connectivity index (χ0v) is 10.2. The number of hydrogen-bond acceptors (Lipinski definition) is 2. The molecule has 1 atom stereocenters. The van der Waals surface area contributed by atoms with Crippen LogP contribution in [0, 0.1) is 11.8 Å². The van der Waals surface area contributed by atoms with Gasteiger partial charge < -0.3 is 10.4 Å². The van der Waals surface area contributed by atoms with Gasteiger partial charge in [-0.3, -0.25) is 4.79 Å². The van der Waals surface area contributed by atoms with E-state index in [1.165, 1.54) is 0 Å². The number of carboxylic acid groups (broad SMARTS) is 1. The lowest BCUT2D eigenvalue weighted by Gasteiger charge is -2.07. The number of hydrogen-bond donors (Lipinski definition) is 2. The number of rotatable bonds is 5. The third kappa shape index (κ3) is 4.29. The summed E-state index contributed by atoms with van der Waals surface area (Å²) in [5.74, 6) is 4.48. The molecule has 0 heterocycles. The standard InChI is InChI=1S/C14H17NO2/c1-3-4-9-15-10-12-5-7-13(8-6-12)11(2)14(16)17/h5-8,11,15H,9-10H2,1-2H3,(H,16,17). The average molecular weight is 231 g/mol. The van der Waals surface area contributed by atoms with Crippen LogP contribution in [0.15, 0.2) is 24.3 Å². The summed E-state index contributed by atoms with van der Waals surface area (Å²) in [4.78, 5) is 10.8. The molecule has 0 fully saturated rings. The first-order valence-electron chi connectivity index (χ1n) is 5.57. The van der Waals surface area contributed by atoms with Crippen molar-refractivity contribution in [3.63, 3.8) is 0 Å². The van der Waals surface area contributed by atoms with E-state index in [4.69, 9.17) is 5.11 Å². The molecular weight excluding hydrogens is 214 g/mol. The molecule has 0 bridgehead atoms.